The van der Waals surface area contributed by atoms with Crippen LogP contribution in [0.1, 0.15) is 20.3 Å². The monoisotopic (exact) mass is 278 g/mol. The van der Waals surface area contributed by atoms with Crippen LogP contribution in [0.2, 0.25) is 0 Å². The summed E-state index contributed by atoms with van der Waals surface area (Å²) in [6.45, 7) is 2.69. The van der Waals surface area contributed by atoms with Crippen molar-refractivity contribution in [3.8, 4) is 6.07 Å². The minimum Gasteiger partial charge on any atom is -0.396 e. The highest BCUT2D eigenvalue weighted by Gasteiger charge is 2.38. The van der Waals surface area contributed by atoms with Crippen molar-refractivity contribution in [3.63, 3.8) is 0 Å². The van der Waals surface area contributed by atoms with Gasteiger partial charge in [-0.25, -0.2) is 0 Å². The van der Waals surface area contributed by atoms with Gasteiger partial charge in [-0.3, -0.25) is 8.98 Å². The summed E-state index contributed by atoms with van der Waals surface area (Å²) in [5.41, 5.74) is -1.06. The highest BCUT2D eigenvalue weighted by molar-refractivity contribution is 7.86. The van der Waals surface area contributed by atoms with Crippen LogP contribution in [0.15, 0.2) is 0 Å². The highest BCUT2D eigenvalue weighted by atomic mass is 32.2. The summed E-state index contributed by atoms with van der Waals surface area (Å²) >= 11 is 0. The fourth-order valence-corrected chi connectivity index (χ4v) is 1.82. The van der Waals surface area contributed by atoms with Crippen molar-refractivity contribution >= 4 is 16.0 Å². The van der Waals surface area contributed by atoms with Crippen molar-refractivity contribution in [1.29, 1.82) is 5.26 Å². The fourth-order valence-electron chi connectivity index (χ4n) is 1.12. The average Bonchev–Trinajstić information content (AvgIpc) is 2.24. The minimum atomic E-state index is -3.83. The lowest BCUT2D eigenvalue weighted by Gasteiger charge is -2.30. The zero-order chi connectivity index (χ0) is 14.4. The summed E-state index contributed by atoms with van der Waals surface area (Å²) in [7, 11) is -3.83. The van der Waals surface area contributed by atoms with Gasteiger partial charge in [-0.2, -0.15) is 13.7 Å². The third-order valence-electron chi connectivity index (χ3n) is 2.16. The van der Waals surface area contributed by atoms with Gasteiger partial charge in [0.25, 0.3) is 16.0 Å². The lowest BCUT2D eigenvalue weighted by atomic mass is 9.87. The van der Waals surface area contributed by atoms with Gasteiger partial charge >= 0.3 is 0 Å². The van der Waals surface area contributed by atoms with Crippen LogP contribution in [0.3, 0.4) is 0 Å². The van der Waals surface area contributed by atoms with Gasteiger partial charge in [0.2, 0.25) is 0 Å². The Morgan fingerprint density at radius 3 is 2.50 bits per heavy atom. The first-order valence-electron chi connectivity index (χ1n) is 5.28. The number of carbonyl (C=O) groups is 1. The molecule has 1 amide bonds. The zero-order valence-electron chi connectivity index (χ0n) is 10.6. The molecule has 0 saturated carbocycles. The van der Waals surface area contributed by atoms with Crippen LogP contribution >= 0.6 is 0 Å². The molecule has 0 radical (unpaired) electrons. The molecule has 0 aliphatic heterocycles. The van der Waals surface area contributed by atoms with E-state index in [-0.39, 0.29) is 13.0 Å². The number of nitrogens with zero attached hydrogens (tertiary/aromatic N) is 1. The lowest BCUT2D eigenvalue weighted by Crippen LogP contribution is -2.48. The van der Waals surface area contributed by atoms with Gasteiger partial charge in [0, 0.05) is 12.0 Å². The van der Waals surface area contributed by atoms with Crippen molar-refractivity contribution in [2.75, 3.05) is 19.4 Å². The number of hydrogen-bond acceptors (Lipinski definition) is 6. The van der Waals surface area contributed by atoms with Gasteiger partial charge in [0.15, 0.2) is 6.10 Å². The van der Waals surface area contributed by atoms with E-state index in [1.54, 1.807) is 0 Å². The van der Waals surface area contributed by atoms with Gasteiger partial charge in [-0.1, -0.05) is 13.8 Å². The smallest absolute Gasteiger partial charge is 0.265 e. The fraction of sp³-hybridized carbons (Fsp3) is 0.800. The van der Waals surface area contributed by atoms with E-state index in [4.69, 9.17) is 9.44 Å². The van der Waals surface area contributed by atoms with Crippen LogP contribution in [-0.4, -0.2) is 44.9 Å². The van der Waals surface area contributed by atoms with Crippen molar-refractivity contribution < 1.29 is 22.5 Å². The number of carbonyl (C=O) groups excluding carboxylic acids is 1. The number of aliphatic hydroxyl groups excluding tert-OH is 1. The highest BCUT2D eigenvalue weighted by Crippen LogP contribution is 2.24. The van der Waals surface area contributed by atoms with Crippen LogP contribution in [-0.2, 0) is 19.1 Å². The second-order valence-corrected chi connectivity index (χ2v) is 6.13. The Hall–Kier alpha value is -1.17. The third kappa shape index (κ3) is 5.95. The molecular formula is C10H18N2O5S. The van der Waals surface area contributed by atoms with E-state index in [9.17, 15) is 18.3 Å². The third-order valence-corrected chi connectivity index (χ3v) is 2.70. The van der Waals surface area contributed by atoms with E-state index < -0.39 is 34.2 Å². The van der Waals surface area contributed by atoms with Crippen molar-refractivity contribution in [2.45, 2.75) is 26.4 Å². The van der Waals surface area contributed by atoms with Crippen molar-refractivity contribution in [1.82, 2.24) is 5.32 Å². The Balaban J connectivity index is 4.88. The molecular weight excluding hydrogens is 260 g/mol. The van der Waals surface area contributed by atoms with Crippen LogP contribution < -0.4 is 5.32 Å². The first kappa shape index (κ1) is 16.8. The number of nitrogens with one attached hydrogen (secondary N) is 1. The van der Waals surface area contributed by atoms with Crippen LogP contribution in [0.4, 0.5) is 0 Å². The molecule has 0 unspecified atom stereocenters. The molecule has 0 spiro atoms. The molecule has 0 aromatic heterocycles. The lowest BCUT2D eigenvalue weighted by molar-refractivity contribution is -0.134. The predicted octanol–water partition coefficient (Wildman–Crippen LogP) is -0.620. The van der Waals surface area contributed by atoms with Crippen LogP contribution in [0, 0.1) is 16.7 Å². The molecule has 0 saturated heterocycles. The summed E-state index contributed by atoms with van der Waals surface area (Å²) < 4.78 is 26.9. The second kappa shape index (κ2) is 6.68. The standard InChI is InChI=1S/C10H18N2O5S/c1-10(2,7-13)8(17-18(3,15)16)9(14)12-6-4-5-11/h8,13H,4,6-7H2,1-3H3,(H,12,14)/t8-/m1/s1. The molecule has 0 aliphatic carbocycles. The SMILES string of the molecule is CC(C)(CO)[C@H](OS(C)(=O)=O)C(=O)NCCC#N. The molecule has 0 rings (SSSR count). The molecule has 2 N–H and O–H groups in total. The summed E-state index contributed by atoms with van der Waals surface area (Å²) in [6, 6.07) is 1.84. The Bertz CT molecular complexity index is 424. The Kier molecular flexibility index (Phi) is 6.25. The number of hydrogen-bond donors (Lipinski definition) is 2. The molecule has 0 fully saturated rings. The maximum absolute atomic E-state index is 11.8. The van der Waals surface area contributed by atoms with Gasteiger partial charge in [-0.05, 0) is 0 Å². The Morgan fingerprint density at radius 2 is 2.11 bits per heavy atom. The topological polar surface area (TPSA) is 116 Å². The van der Waals surface area contributed by atoms with Gasteiger partial charge in [0.1, 0.15) is 0 Å². The van der Waals surface area contributed by atoms with E-state index in [0.29, 0.717) is 0 Å². The molecule has 0 aliphatic rings. The van der Waals surface area contributed by atoms with E-state index in [2.05, 4.69) is 5.32 Å². The normalized spacial score (nSPS) is 13.7. The number of amides is 1. The number of nitriles is 1. The van der Waals surface area contributed by atoms with E-state index >= 15 is 0 Å². The quantitative estimate of drug-likeness (QED) is 0.473. The first-order valence-corrected chi connectivity index (χ1v) is 7.09. The minimum absolute atomic E-state index is 0.0977. The van der Waals surface area contributed by atoms with E-state index in [0.717, 1.165) is 6.26 Å². The van der Waals surface area contributed by atoms with Crippen LogP contribution in [0.5, 0.6) is 0 Å². The van der Waals surface area contributed by atoms with Gasteiger partial charge in [0.05, 0.1) is 25.4 Å². The second-order valence-electron chi connectivity index (χ2n) is 4.53. The predicted molar refractivity (Wildman–Crippen MR) is 63.8 cm³/mol. The largest absolute Gasteiger partial charge is 0.396 e. The molecule has 1 atom stereocenters. The molecule has 104 valence electrons. The van der Waals surface area contributed by atoms with Gasteiger partial charge in [-0.15, -0.1) is 0 Å². The molecule has 18 heavy (non-hydrogen) atoms. The van der Waals surface area contributed by atoms with Gasteiger partial charge < -0.3 is 10.4 Å². The maximum Gasteiger partial charge on any atom is 0.265 e. The first-order chi connectivity index (χ1) is 8.14. The van der Waals surface area contributed by atoms with Crippen molar-refractivity contribution in [2.24, 2.45) is 5.41 Å². The molecule has 0 aromatic rings. The Labute approximate surface area is 107 Å². The van der Waals surface area contributed by atoms with E-state index in [1.165, 1.54) is 13.8 Å². The molecule has 0 bridgehead atoms. The summed E-state index contributed by atoms with van der Waals surface area (Å²) in [5, 5.41) is 19.9. The summed E-state index contributed by atoms with van der Waals surface area (Å²) in [6.07, 6.45) is -0.399. The molecule has 0 heterocycles. The molecule has 7 nitrogen and oxygen atoms in total. The average molecular weight is 278 g/mol. The zero-order valence-corrected chi connectivity index (χ0v) is 11.5. The molecule has 0 aromatic carbocycles. The van der Waals surface area contributed by atoms with E-state index in [1.807, 2.05) is 6.07 Å². The summed E-state index contributed by atoms with van der Waals surface area (Å²) in [5.74, 6) is -0.672. The number of aliphatic hydroxyl groups is 1. The van der Waals surface area contributed by atoms with Crippen molar-refractivity contribution in [3.05, 3.63) is 0 Å². The Morgan fingerprint density at radius 1 is 1.56 bits per heavy atom. The maximum atomic E-state index is 11.8. The number of rotatable bonds is 7. The molecule has 8 heteroatoms. The van der Waals surface area contributed by atoms with Crippen LogP contribution in [0.25, 0.3) is 0 Å². The summed E-state index contributed by atoms with van der Waals surface area (Å²) in [4.78, 5) is 11.8.